The van der Waals surface area contributed by atoms with Gasteiger partial charge in [-0.25, -0.2) is 9.79 Å². The van der Waals surface area contributed by atoms with E-state index in [0.29, 0.717) is 23.7 Å². The zero-order valence-corrected chi connectivity index (χ0v) is 23.7. The molecule has 2 aliphatic rings. The van der Waals surface area contributed by atoms with Crippen molar-refractivity contribution in [2.75, 3.05) is 6.61 Å². The Labute approximate surface area is 239 Å². The van der Waals surface area contributed by atoms with E-state index in [4.69, 9.17) is 9.73 Å². The molecule has 3 heterocycles. The van der Waals surface area contributed by atoms with E-state index < -0.39 is 12.0 Å². The Morgan fingerprint density at radius 3 is 2.50 bits per heavy atom. The van der Waals surface area contributed by atoms with Gasteiger partial charge in [-0.05, 0) is 41.0 Å². The lowest BCUT2D eigenvalue weighted by Gasteiger charge is -2.37. The van der Waals surface area contributed by atoms with Crippen molar-refractivity contribution in [3.8, 4) is 0 Å². The number of rotatable bonds is 9. The molecule has 0 aliphatic carbocycles. The molecular formula is C32H32N4O3S. The van der Waals surface area contributed by atoms with Crippen molar-refractivity contribution in [2.45, 2.75) is 45.7 Å². The fraction of sp³-hybridized carbons (Fsp3) is 0.250. The normalized spacial score (nSPS) is 16.4. The molecule has 1 unspecified atom stereocenters. The lowest BCUT2D eigenvalue weighted by atomic mass is 9.90. The molecule has 1 aromatic heterocycles. The van der Waals surface area contributed by atoms with Crippen LogP contribution >= 0.6 is 11.8 Å². The molecule has 0 fully saturated rings. The van der Waals surface area contributed by atoms with Gasteiger partial charge in [0.2, 0.25) is 5.91 Å². The Morgan fingerprint density at radius 2 is 1.82 bits per heavy atom. The predicted octanol–water partition coefficient (Wildman–Crippen LogP) is 6.19. The van der Waals surface area contributed by atoms with Crippen LogP contribution in [0.15, 0.2) is 101 Å². The molecule has 0 bridgehead atoms. The number of thioether (sulfide) groups is 1. The minimum absolute atomic E-state index is 0.124. The van der Waals surface area contributed by atoms with Gasteiger partial charge in [0, 0.05) is 30.2 Å². The third-order valence-electron chi connectivity index (χ3n) is 6.83. The largest absolute Gasteiger partial charge is 0.463 e. The topological polar surface area (TPSA) is 83.9 Å². The van der Waals surface area contributed by atoms with Gasteiger partial charge in [-0.2, -0.15) is 0 Å². The molecule has 2 aliphatic heterocycles. The van der Waals surface area contributed by atoms with Crippen molar-refractivity contribution in [1.82, 2.24) is 15.2 Å². The van der Waals surface area contributed by atoms with E-state index in [9.17, 15) is 9.59 Å². The summed E-state index contributed by atoms with van der Waals surface area (Å²) in [4.78, 5) is 37.8. The molecule has 7 nitrogen and oxygen atoms in total. The van der Waals surface area contributed by atoms with Gasteiger partial charge < -0.3 is 15.0 Å². The lowest BCUT2D eigenvalue weighted by Crippen LogP contribution is -2.38. The van der Waals surface area contributed by atoms with Crippen molar-refractivity contribution in [3.63, 3.8) is 0 Å². The fourth-order valence-corrected chi connectivity index (χ4v) is 5.72. The summed E-state index contributed by atoms with van der Waals surface area (Å²) in [5.74, 6) is -0.167. The third-order valence-corrected chi connectivity index (χ3v) is 7.71. The molecule has 1 N–H and O–H groups in total. The molecule has 3 aromatic rings. The third kappa shape index (κ3) is 5.87. The molecule has 1 atom stereocenters. The molecule has 0 saturated carbocycles. The summed E-state index contributed by atoms with van der Waals surface area (Å²) in [6, 6.07) is 21.3. The highest BCUT2D eigenvalue weighted by atomic mass is 32.2. The first kappa shape index (κ1) is 27.4. The zero-order chi connectivity index (χ0) is 28.1. The van der Waals surface area contributed by atoms with Gasteiger partial charge in [0.1, 0.15) is 0 Å². The smallest absolute Gasteiger partial charge is 0.338 e. The van der Waals surface area contributed by atoms with Gasteiger partial charge in [0.15, 0.2) is 5.17 Å². The second-order valence-electron chi connectivity index (χ2n) is 9.88. The van der Waals surface area contributed by atoms with Crippen molar-refractivity contribution < 1.29 is 14.3 Å². The molecule has 0 radical (unpaired) electrons. The van der Waals surface area contributed by atoms with E-state index in [0.717, 1.165) is 27.6 Å². The Kier molecular flexibility index (Phi) is 8.45. The summed E-state index contributed by atoms with van der Waals surface area (Å²) in [5, 5.41) is 5.66. The highest BCUT2D eigenvalue weighted by Crippen LogP contribution is 2.47. The van der Waals surface area contributed by atoms with Gasteiger partial charge in [0.05, 0.1) is 30.3 Å². The number of amidine groups is 1. The number of fused-ring (bicyclic) bond motifs is 1. The quantitative estimate of drug-likeness (QED) is 0.319. The number of esters is 1. The second kappa shape index (κ2) is 12.3. The van der Waals surface area contributed by atoms with E-state index in [-0.39, 0.29) is 18.9 Å². The zero-order valence-electron chi connectivity index (χ0n) is 22.8. The maximum absolute atomic E-state index is 13.6. The number of ether oxygens (including phenoxy) is 1. The maximum atomic E-state index is 13.6. The van der Waals surface area contributed by atoms with Crippen LogP contribution < -0.4 is 5.32 Å². The van der Waals surface area contributed by atoms with Crippen LogP contribution in [0, 0.1) is 0 Å². The maximum Gasteiger partial charge on any atom is 0.338 e. The number of hydrogen-bond donors (Lipinski definition) is 1. The molecule has 1 amide bonds. The SMILES string of the molecule is CCOC(=O)C1=C(c2ccccc2)N=C2SC=C(CC(=O)NCc3cccnc3)N2C1c1ccc(C(C)C)cc1. The number of pyridine rings is 1. The molecule has 40 heavy (non-hydrogen) atoms. The number of aliphatic imine (C=N–C) groups is 1. The Balaban J connectivity index is 1.54. The summed E-state index contributed by atoms with van der Waals surface area (Å²) in [6.45, 7) is 6.74. The molecular weight excluding hydrogens is 520 g/mol. The standard InChI is InChI=1S/C32H32N4O3S/c1-4-39-31(38)28-29(24-10-6-5-7-11-24)35-32-36(30(28)25-14-12-23(13-15-25)21(2)3)26(20-40-32)17-27(37)34-19-22-9-8-16-33-18-22/h5-16,18,20-21,30H,4,17,19H2,1-3H3,(H,34,37). The summed E-state index contributed by atoms with van der Waals surface area (Å²) in [6.07, 6.45) is 3.58. The summed E-state index contributed by atoms with van der Waals surface area (Å²) in [7, 11) is 0. The number of aromatic nitrogens is 1. The van der Waals surface area contributed by atoms with Gasteiger partial charge >= 0.3 is 5.97 Å². The van der Waals surface area contributed by atoms with Crippen LogP contribution in [0.4, 0.5) is 0 Å². The van der Waals surface area contributed by atoms with Crippen LogP contribution in [0.1, 0.15) is 61.4 Å². The van der Waals surface area contributed by atoms with Crippen molar-refractivity contribution >= 4 is 34.5 Å². The number of hydrogen-bond acceptors (Lipinski definition) is 7. The first-order chi connectivity index (χ1) is 19.5. The minimum atomic E-state index is -0.504. The second-order valence-corrected chi connectivity index (χ2v) is 10.7. The number of nitrogens with one attached hydrogen (secondary N) is 1. The monoisotopic (exact) mass is 552 g/mol. The van der Waals surface area contributed by atoms with Crippen molar-refractivity contribution in [2.24, 2.45) is 4.99 Å². The summed E-state index contributed by atoms with van der Waals surface area (Å²) >= 11 is 1.46. The first-order valence-corrected chi connectivity index (χ1v) is 14.3. The Bertz CT molecular complexity index is 1470. The number of benzene rings is 2. The number of amides is 1. The van der Waals surface area contributed by atoms with Crippen molar-refractivity contribution in [1.29, 1.82) is 0 Å². The van der Waals surface area contributed by atoms with Gasteiger partial charge in [-0.15, -0.1) is 0 Å². The summed E-state index contributed by atoms with van der Waals surface area (Å²) < 4.78 is 5.59. The van der Waals surface area contributed by atoms with Gasteiger partial charge in [-0.3, -0.25) is 9.78 Å². The van der Waals surface area contributed by atoms with Crippen LogP contribution in [0.2, 0.25) is 0 Å². The molecule has 2 aromatic carbocycles. The first-order valence-electron chi connectivity index (χ1n) is 13.4. The highest BCUT2D eigenvalue weighted by Gasteiger charge is 2.42. The molecule has 8 heteroatoms. The Morgan fingerprint density at radius 1 is 1.05 bits per heavy atom. The molecule has 0 spiro atoms. The van der Waals surface area contributed by atoms with E-state index >= 15 is 0 Å². The van der Waals surface area contributed by atoms with E-state index in [2.05, 4.69) is 48.4 Å². The molecule has 0 saturated heterocycles. The average Bonchev–Trinajstić information content (AvgIpc) is 3.38. The number of carbonyl (C=O) groups is 2. The van der Waals surface area contributed by atoms with Crippen LogP contribution in [-0.2, 0) is 20.9 Å². The average molecular weight is 553 g/mol. The highest BCUT2D eigenvalue weighted by molar-refractivity contribution is 8.16. The van der Waals surface area contributed by atoms with Crippen molar-refractivity contribution in [3.05, 3.63) is 118 Å². The number of carbonyl (C=O) groups excluding carboxylic acids is 2. The van der Waals surface area contributed by atoms with Crippen LogP contribution in [0.5, 0.6) is 0 Å². The van der Waals surface area contributed by atoms with Crippen LogP contribution in [0.25, 0.3) is 5.70 Å². The van der Waals surface area contributed by atoms with E-state index in [1.807, 2.05) is 52.8 Å². The van der Waals surface area contributed by atoms with Crippen LogP contribution in [0.3, 0.4) is 0 Å². The predicted molar refractivity (Wildman–Crippen MR) is 159 cm³/mol. The lowest BCUT2D eigenvalue weighted by molar-refractivity contribution is -0.139. The van der Waals surface area contributed by atoms with Crippen LogP contribution in [-0.4, -0.2) is 33.5 Å². The Hall–Kier alpha value is -4.17. The van der Waals surface area contributed by atoms with Gasteiger partial charge in [-0.1, -0.05) is 86.3 Å². The summed E-state index contributed by atoms with van der Waals surface area (Å²) in [5.41, 5.74) is 5.72. The number of nitrogens with zero attached hydrogens (tertiary/aromatic N) is 3. The van der Waals surface area contributed by atoms with E-state index in [1.54, 1.807) is 19.3 Å². The minimum Gasteiger partial charge on any atom is -0.463 e. The molecule has 5 rings (SSSR count). The van der Waals surface area contributed by atoms with E-state index in [1.165, 1.54) is 17.3 Å². The fourth-order valence-electron chi connectivity index (χ4n) is 4.80. The molecule has 204 valence electrons. The van der Waals surface area contributed by atoms with Gasteiger partial charge in [0.25, 0.3) is 0 Å².